The van der Waals surface area contributed by atoms with E-state index in [1.165, 1.54) is 18.3 Å². The molecule has 21 heavy (non-hydrogen) atoms. The number of aromatic nitrogens is 2. The fourth-order valence-electron chi connectivity index (χ4n) is 1.85. The molecule has 1 aromatic heterocycles. The second kappa shape index (κ2) is 5.85. The molecule has 104 valence electrons. The fraction of sp³-hybridized carbons (Fsp3) is 0.0625. The van der Waals surface area contributed by atoms with Crippen LogP contribution in [0.15, 0.2) is 65.7 Å². The van der Waals surface area contributed by atoms with Gasteiger partial charge in [-0.3, -0.25) is 4.79 Å². The summed E-state index contributed by atoms with van der Waals surface area (Å²) in [6.45, 7) is 1.51. The van der Waals surface area contributed by atoms with Gasteiger partial charge in [0.15, 0.2) is 10.8 Å². The number of nitrogens with zero attached hydrogens (tertiary/aromatic N) is 3. The van der Waals surface area contributed by atoms with Gasteiger partial charge >= 0.3 is 0 Å². The van der Waals surface area contributed by atoms with Crippen molar-refractivity contribution >= 4 is 22.8 Å². The third-order valence-corrected chi connectivity index (χ3v) is 3.85. The van der Waals surface area contributed by atoms with Gasteiger partial charge in [0.1, 0.15) is 0 Å². The van der Waals surface area contributed by atoms with Crippen molar-refractivity contribution in [1.29, 1.82) is 0 Å². The summed E-state index contributed by atoms with van der Waals surface area (Å²) in [5.41, 5.74) is 1.72. The number of carbonyl (C=O) groups is 1. The quantitative estimate of drug-likeness (QED) is 0.695. The third-order valence-electron chi connectivity index (χ3n) is 2.84. The van der Waals surface area contributed by atoms with E-state index in [2.05, 4.69) is 10.1 Å². The number of hydrogen-bond donors (Lipinski definition) is 0. The van der Waals surface area contributed by atoms with Gasteiger partial charge in [0, 0.05) is 6.92 Å². The Hall–Kier alpha value is -2.53. The summed E-state index contributed by atoms with van der Waals surface area (Å²) in [7, 11) is 0. The molecule has 0 unspecified atom stereocenters. The summed E-state index contributed by atoms with van der Waals surface area (Å²) < 4.78 is 1.70. The molecule has 2 aromatic carbocycles. The van der Waals surface area contributed by atoms with Crippen LogP contribution in [0.1, 0.15) is 16.7 Å². The Morgan fingerprint density at radius 3 is 2.29 bits per heavy atom. The van der Waals surface area contributed by atoms with E-state index in [1.54, 1.807) is 4.68 Å². The van der Waals surface area contributed by atoms with Gasteiger partial charge in [0.25, 0.3) is 0 Å². The molecule has 0 aliphatic rings. The lowest BCUT2D eigenvalue weighted by molar-refractivity contribution is 0.101. The highest BCUT2D eigenvalue weighted by molar-refractivity contribution is 7.11. The van der Waals surface area contributed by atoms with E-state index in [4.69, 9.17) is 0 Å². The number of hydrogen-bond acceptors (Lipinski definition) is 4. The molecule has 3 aromatic rings. The van der Waals surface area contributed by atoms with Crippen LogP contribution in [-0.4, -0.2) is 15.6 Å². The van der Waals surface area contributed by atoms with Crippen LogP contribution in [0.2, 0.25) is 0 Å². The van der Waals surface area contributed by atoms with E-state index in [0.29, 0.717) is 9.81 Å². The van der Waals surface area contributed by atoms with Gasteiger partial charge in [-0.25, -0.2) is 9.67 Å². The van der Waals surface area contributed by atoms with Crippen molar-refractivity contribution in [3.8, 4) is 5.69 Å². The van der Waals surface area contributed by atoms with Crippen molar-refractivity contribution in [1.82, 2.24) is 9.78 Å². The standard InChI is InChI=1S/C16H13N3OS/c1-12(20)15-18-19(14-10-6-3-7-11-14)16(21-15)17-13-8-4-2-5-9-13/h2-11H,1H3. The Kier molecular flexibility index (Phi) is 3.75. The molecule has 0 bridgehead atoms. The molecule has 0 aliphatic carbocycles. The zero-order valence-corrected chi connectivity index (χ0v) is 12.2. The first-order valence-electron chi connectivity index (χ1n) is 6.50. The number of ketones is 1. The van der Waals surface area contributed by atoms with E-state index < -0.39 is 0 Å². The normalized spacial score (nSPS) is 11.6. The summed E-state index contributed by atoms with van der Waals surface area (Å²) in [6, 6.07) is 19.3. The minimum absolute atomic E-state index is 0.0563. The van der Waals surface area contributed by atoms with E-state index in [9.17, 15) is 4.79 Å². The predicted octanol–water partition coefficient (Wildman–Crippen LogP) is 3.37. The molecule has 0 fully saturated rings. The van der Waals surface area contributed by atoms with E-state index in [-0.39, 0.29) is 5.78 Å². The second-order valence-corrected chi connectivity index (χ2v) is 5.40. The Balaban J connectivity index is 2.20. The molecular formula is C16H13N3OS. The molecule has 5 heteroatoms. The summed E-state index contributed by atoms with van der Waals surface area (Å²) in [6.07, 6.45) is 0. The number of benzene rings is 2. The molecule has 0 atom stereocenters. The molecule has 0 saturated heterocycles. The van der Waals surface area contributed by atoms with Gasteiger partial charge in [-0.15, -0.1) is 0 Å². The topological polar surface area (TPSA) is 47.2 Å². The summed E-state index contributed by atoms with van der Waals surface area (Å²) >= 11 is 1.29. The van der Waals surface area contributed by atoms with Crippen molar-refractivity contribution in [2.75, 3.05) is 0 Å². The zero-order chi connectivity index (χ0) is 14.7. The van der Waals surface area contributed by atoms with Crippen molar-refractivity contribution in [3.05, 3.63) is 70.5 Å². The number of carbonyl (C=O) groups excluding carboxylic acids is 1. The average Bonchev–Trinajstić information content (AvgIpc) is 2.93. The largest absolute Gasteiger partial charge is 0.292 e. The Morgan fingerprint density at radius 1 is 1.05 bits per heavy atom. The molecule has 0 amide bonds. The highest BCUT2D eigenvalue weighted by Gasteiger charge is 2.10. The van der Waals surface area contributed by atoms with Crippen LogP contribution in [0.3, 0.4) is 0 Å². The molecular weight excluding hydrogens is 282 g/mol. The van der Waals surface area contributed by atoms with Crippen molar-refractivity contribution in [2.24, 2.45) is 4.99 Å². The van der Waals surface area contributed by atoms with Gasteiger partial charge in [-0.1, -0.05) is 47.7 Å². The van der Waals surface area contributed by atoms with Crippen molar-refractivity contribution < 1.29 is 4.79 Å². The lowest BCUT2D eigenvalue weighted by Crippen LogP contribution is -2.13. The number of para-hydroxylation sites is 2. The van der Waals surface area contributed by atoms with Crippen LogP contribution < -0.4 is 4.80 Å². The molecule has 4 nitrogen and oxygen atoms in total. The minimum atomic E-state index is -0.0563. The van der Waals surface area contributed by atoms with Gasteiger partial charge in [-0.05, 0) is 24.3 Å². The molecule has 0 saturated carbocycles. The molecule has 0 aliphatic heterocycles. The predicted molar refractivity (Wildman–Crippen MR) is 83.1 cm³/mol. The monoisotopic (exact) mass is 295 g/mol. The fourth-order valence-corrected chi connectivity index (χ4v) is 2.67. The lowest BCUT2D eigenvalue weighted by Gasteiger charge is -1.99. The first kappa shape index (κ1) is 13.5. The average molecular weight is 295 g/mol. The summed E-state index contributed by atoms with van der Waals surface area (Å²) in [4.78, 5) is 16.9. The van der Waals surface area contributed by atoms with Gasteiger partial charge in [0.05, 0.1) is 11.4 Å². The van der Waals surface area contributed by atoms with Crippen LogP contribution in [0, 0.1) is 0 Å². The van der Waals surface area contributed by atoms with Crippen molar-refractivity contribution in [2.45, 2.75) is 6.92 Å². The van der Waals surface area contributed by atoms with Crippen LogP contribution in [-0.2, 0) is 0 Å². The zero-order valence-electron chi connectivity index (χ0n) is 11.4. The molecule has 3 rings (SSSR count). The van der Waals surface area contributed by atoms with Crippen LogP contribution in [0.4, 0.5) is 5.69 Å². The van der Waals surface area contributed by atoms with Crippen LogP contribution >= 0.6 is 11.3 Å². The number of Topliss-reactive ketones (excluding diaryl/α,β-unsaturated/α-hetero) is 1. The first-order valence-corrected chi connectivity index (χ1v) is 7.32. The molecule has 0 spiro atoms. The molecule has 1 heterocycles. The van der Waals surface area contributed by atoms with E-state index in [0.717, 1.165) is 11.4 Å². The van der Waals surface area contributed by atoms with E-state index >= 15 is 0 Å². The van der Waals surface area contributed by atoms with E-state index in [1.807, 2.05) is 60.7 Å². The third kappa shape index (κ3) is 2.98. The lowest BCUT2D eigenvalue weighted by atomic mass is 10.3. The first-order chi connectivity index (χ1) is 10.2. The minimum Gasteiger partial charge on any atom is -0.292 e. The van der Waals surface area contributed by atoms with Gasteiger partial charge in [0.2, 0.25) is 4.80 Å². The van der Waals surface area contributed by atoms with Gasteiger partial charge < -0.3 is 0 Å². The maximum atomic E-state index is 11.6. The Labute approximate surface area is 126 Å². The maximum absolute atomic E-state index is 11.6. The highest BCUT2D eigenvalue weighted by Crippen LogP contribution is 2.12. The summed E-state index contributed by atoms with van der Waals surface area (Å²) in [5, 5.41) is 4.82. The Morgan fingerprint density at radius 2 is 1.67 bits per heavy atom. The summed E-state index contributed by atoms with van der Waals surface area (Å²) in [5.74, 6) is -0.0563. The second-order valence-electron chi connectivity index (χ2n) is 4.44. The highest BCUT2D eigenvalue weighted by atomic mass is 32.1. The van der Waals surface area contributed by atoms with Crippen LogP contribution in [0.25, 0.3) is 5.69 Å². The van der Waals surface area contributed by atoms with Gasteiger partial charge in [-0.2, -0.15) is 5.10 Å². The van der Waals surface area contributed by atoms with Crippen molar-refractivity contribution in [3.63, 3.8) is 0 Å². The maximum Gasteiger partial charge on any atom is 0.213 e. The number of rotatable bonds is 3. The Bertz CT molecular complexity index is 819. The smallest absolute Gasteiger partial charge is 0.213 e. The SMILES string of the molecule is CC(=O)c1nn(-c2ccccc2)c(=Nc2ccccc2)s1. The molecule has 0 N–H and O–H groups in total. The molecule has 0 radical (unpaired) electrons. The van der Waals surface area contributed by atoms with Crippen LogP contribution in [0.5, 0.6) is 0 Å².